The third kappa shape index (κ3) is 1.41. The van der Waals surface area contributed by atoms with Gasteiger partial charge in [0.05, 0.1) is 8.07 Å². The summed E-state index contributed by atoms with van der Waals surface area (Å²) in [5, 5.41) is 0. The first-order valence-corrected chi connectivity index (χ1v) is 7.32. The van der Waals surface area contributed by atoms with Crippen molar-refractivity contribution >= 4 is 31.3 Å². The lowest BCUT2D eigenvalue weighted by Gasteiger charge is -2.16. The molecule has 0 N–H and O–H groups in total. The lowest BCUT2D eigenvalue weighted by Crippen LogP contribution is -2.24. The molecule has 0 aliphatic heterocycles. The van der Waals surface area contributed by atoms with E-state index in [1.807, 2.05) is 0 Å². The van der Waals surface area contributed by atoms with E-state index in [0.29, 0.717) is 5.54 Å². The van der Waals surface area contributed by atoms with E-state index in [9.17, 15) is 0 Å². The zero-order valence-electron chi connectivity index (χ0n) is 6.32. The molecule has 1 rings (SSSR count). The van der Waals surface area contributed by atoms with E-state index in [0.717, 1.165) is 6.42 Å². The van der Waals surface area contributed by atoms with Crippen LogP contribution in [-0.4, -0.2) is 12.4 Å². The Kier molecular flexibility index (Phi) is 1.95. The molecule has 0 heterocycles. The second-order valence-corrected chi connectivity index (χ2v) is 9.83. The van der Waals surface area contributed by atoms with Gasteiger partial charge in [0.15, 0.2) is 0 Å². The van der Waals surface area contributed by atoms with Crippen molar-refractivity contribution in [3.05, 3.63) is 12.3 Å². The quantitative estimate of drug-likeness (QED) is 0.468. The van der Waals surface area contributed by atoms with Gasteiger partial charge in [0.25, 0.3) is 0 Å². The highest BCUT2D eigenvalue weighted by Gasteiger charge is 2.58. The highest BCUT2D eigenvalue weighted by Crippen LogP contribution is 2.62. The minimum Gasteiger partial charge on any atom is -0.107 e. The number of rotatable bonds is 2. The zero-order valence-corrected chi connectivity index (χ0v) is 8.84. The molecule has 0 radical (unpaired) electrons. The van der Waals surface area contributed by atoms with Gasteiger partial charge < -0.3 is 0 Å². The van der Waals surface area contributed by atoms with Crippen molar-refractivity contribution in [3.8, 4) is 0 Å². The van der Waals surface area contributed by atoms with Crippen molar-refractivity contribution in [3.63, 3.8) is 0 Å². The molecule has 0 aromatic carbocycles. The molecule has 0 amide bonds. The molecule has 0 saturated heterocycles. The normalized spacial score (nSPS) is 29.8. The Morgan fingerprint density at radius 3 is 2.10 bits per heavy atom. The predicted molar refractivity (Wildman–Crippen MR) is 50.5 cm³/mol. The molecule has 0 nitrogen and oxygen atoms in total. The molecular formula is C7H12Cl2Si. The Labute approximate surface area is 73.2 Å². The summed E-state index contributed by atoms with van der Waals surface area (Å²) in [6.07, 6.45) is 0.960. The van der Waals surface area contributed by atoms with E-state index in [2.05, 4.69) is 25.4 Å². The summed E-state index contributed by atoms with van der Waals surface area (Å²) in [5.41, 5.74) is 2.59. The van der Waals surface area contributed by atoms with Crippen molar-refractivity contribution in [2.24, 2.45) is 0 Å². The molecule has 1 unspecified atom stereocenters. The summed E-state index contributed by atoms with van der Waals surface area (Å²) in [7, 11) is -1.28. The maximum absolute atomic E-state index is 5.92. The number of alkyl halides is 2. The number of hydrogen-bond acceptors (Lipinski definition) is 0. The Morgan fingerprint density at radius 2 is 2.00 bits per heavy atom. The molecule has 0 aromatic heterocycles. The molecule has 0 aromatic rings. The fourth-order valence-electron chi connectivity index (χ4n) is 1.16. The van der Waals surface area contributed by atoms with Crippen LogP contribution in [0.4, 0.5) is 0 Å². The summed E-state index contributed by atoms with van der Waals surface area (Å²) in [6, 6.07) is 0. The molecule has 1 aliphatic carbocycles. The topological polar surface area (TPSA) is 0 Å². The van der Waals surface area contributed by atoms with Crippen LogP contribution in [0.2, 0.25) is 18.6 Å². The molecule has 1 aliphatic rings. The summed E-state index contributed by atoms with van der Waals surface area (Å²) in [4.78, 5) is 0. The predicted octanol–water partition coefficient (Wildman–Crippen LogP) is 3.37. The van der Waals surface area contributed by atoms with Crippen LogP contribution in [0.25, 0.3) is 0 Å². The van der Waals surface area contributed by atoms with Gasteiger partial charge in [-0.15, -0.1) is 35.5 Å². The van der Waals surface area contributed by atoms with Gasteiger partial charge in [0, 0.05) is 0 Å². The van der Waals surface area contributed by atoms with Gasteiger partial charge in [0.1, 0.15) is 4.33 Å². The SMILES string of the molecule is C=C[Si](C)(C)C1CC1(Cl)Cl. The zero-order chi connectivity index (χ0) is 7.99. The minimum atomic E-state index is -1.28. The van der Waals surface area contributed by atoms with Crippen molar-refractivity contribution in [2.75, 3.05) is 0 Å². The van der Waals surface area contributed by atoms with Gasteiger partial charge in [-0.3, -0.25) is 0 Å². The van der Waals surface area contributed by atoms with E-state index in [1.165, 1.54) is 0 Å². The van der Waals surface area contributed by atoms with Crippen LogP contribution in [-0.2, 0) is 0 Å². The van der Waals surface area contributed by atoms with E-state index in [4.69, 9.17) is 23.2 Å². The smallest absolute Gasteiger partial charge is 0.107 e. The van der Waals surface area contributed by atoms with E-state index >= 15 is 0 Å². The highest BCUT2D eigenvalue weighted by molar-refractivity contribution is 6.87. The Morgan fingerprint density at radius 1 is 1.60 bits per heavy atom. The number of hydrogen-bond donors (Lipinski definition) is 0. The molecule has 0 spiro atoms. The summed E-state index contributed by atoms with van der Waals surface area (Å²) in [6.45, 7) is 8.30. The average molecular weight is 195 g/mol. The molecule has 58 valence electrons. The first-order valence-electron chi connectivity index (χ1n) is 3.41. The van der Waals surface area contributed by atoms with Gasteiger partial charge in [-0.2, -0.15) is 0 Å². The van der Waals surface area contributed by atoms with Crippen molar-refractivity contribution in [1.82, 2.24) is 0 Å². The molecule has 10 heavy (non-hydrogen) atoms. The maximum atomic E-state index is 5.92. The lowest BCUT2D eigenvalue weighted by atomic mass is 10.9. The van der Waals surface area contributed by atoms with E-state index < -0.39 is 12.4 Å². The van der Waals surface area contributed by atoms with Crippen LogP contribution in [0.3, 0.4) is 0 Å². The Balaban J connectivity index is 2.62. The van der Waals surface area contributed by atoms with E-state index in [-0.39, 0.29) is 0 Å². The molecule has 3 heteroatoms. The average Bonchev–Trinajstić information content (AvgIpc) is 2.41. The fraction of sp³-hybridized carbons (Fsp3) is 0.714. The lowest BCUT2D eigenvalue weighted by molar-refractivity contribution is 1.30. The van der Waals surface area contributed by atoms with E-state index in [1.54, 1.807) is 0 Å². The highest BCUT2D eigenvalue weighted by atomic mass is 35.5. The first-order chi connectivity index (χ1) is 4.40. The fourth-order valence-corrected chi connectivity index (χ4v) is 5.64. The molecule has 1 saturated carbocycles. The molecule has 1 fully saturated rings. The summed E-state index contributed by atoms with van der Waals surface area (Å²) >= 11 is 11.8. The van der Waals surface area contributed by atoms with Crippen LogP contribution >= 0.6 is 23.2 Å². The largest absolute Gasteiger partial charge is 0.119 e. The Bertz CT molecular complexity index is 163. The summed E-state index contributed by atoms with van der Waals surface area (Å²) < 4.78 is -0.413. The third-order valence-corrected chi connectivity index (χ3v) is 7.00. The second-order valence-electron chi connectivity index (χ2n) is 3.54. The molecular weight excluding hydrogens is 183 g/mol. The van der Waals surface area contributed by atoms with Gasteiger partial charge in [0.2, 0.25) is 0 Å². The van der Waals surface area contributed by atoms with Crippen molar-refractivity contribution in [1.29, 1.82) is 0 Å². The van der Waals surface area contributed by atoms with Gasteiger partial charge in [-0.05, 0) is 12.0 Å². The van der Waals surface area contributed by atoms with Crippen molar-refractivity contribution < 1.29 is 0 Å². The van der Waals surface area contributed by atoms with Gasteiger partial charge in [-0.1, -0.05) is 13.1 Å². The standard InChI is InChI=1S/C7H12Cl2Si/c1-4-10(2,3)6-5-7(6,8)9/h4,6H,1,5H2,2-3H3. The Hall–Kier alpha value is 0.537. The first kappa shape index (κ1) is 8.63. The molecule has 1 atom stereocenters. The van der Waals surface area contributed by atoms with Crippen LogP contribution in [0, 0.1) is 0 Å². The molecule has 0 bridgehead atoms. The van der Waals surface area contributed by atoms with Crippen molar-refractivity contribution in [2.45, 2.75) is 29.4 Å². The van der Waals surface area contributed by atoms with Gasteiger partial charge in [-0.25, -0.2) is 0 Å². The monoisotopic (exact) mass is 194 g/mol. The second kappa shape index (κ2) is 2.26. The van der Waals surface area contributed by atoms with Crippen LogP contribution in [0.5, 0.6) is 0 Å². The van der Waals surface area contributed by atoms with Gasteiger partial charge >= 0.3 is 0 Å². The number of halogens is 2. The van der Waals surface area contributed by atoms with Crippen LogP contribution < -0.4 is 0 Å². The van der Waals surface area contributed by atoms with Crippen LogP contribution in [0.15, 0.2) is 12.3 Å². The van der Waals surface area contributed by atoms with Crippen LogP contribution in [0.1, 0.15) is 6.42 Å². The maximum Gasteiger partial charge on any atom is 0.119 e. The minimum absolute atomic E-state index is 0.413. The summed E-state index contributed by atoms with van der Waals surface area (Å²) in [5.74, 6) is 0. The third-order valence-electron chi connectivity index (χ3n) is 2.25.